The van der Waals surface area contributed by atoms with Crippen LogP contribution in [0, 0.1) is 0 Å². The quantitative estimate of drug-likeness (QED) is 0.601. The molecule has 5 nitrogen and oxygen atoms in total. The summed E-state index contributed by atoms with van der Waals surface area (Å²) in [4.78, 5) is 11.2. The fraction of sp³-hybridized carbons (Fsp3) is 0.812. The first kappa shape index (κ1) is 19.4. The maximum Gasteiger partial charge on any atom is 0.217 e. The Kier molecular flexibility index (Phi) is 6.79. The maximum atomic E-state index is 11.2. The van der Waals surface area contributed by atoms with Crippen LogP contribution in [0.1, 0.15) is 34.6 Å². The molecule has 1 N–H and O–H groups in total. The Morgan fingerprint density at radius 3 is 2.45 bits per heavy atom. The van der Waals surface area contributed by atoms with Gasteiger partial charge in [0.2, 0.25) is 5.91 Å². The van der Waals surface area contributed by atoms with Crippen LogP contribution >= 0.6 is 0 Å². The SMILES string of the molecule is CCO[C@@H]1O[C@@H](CO[Si](C)(C)C(C)(C)C)C=C[C@H]1NC(C)=O. The van der Waals surface area contributed by atoms with Crippen LogP contribution in [0.15, 0.2) is 12.2 Å². The molecule has 1 rings (SSSR count). The third-order valence-corrected chi connectivity index (χ3v) is 8.75. The highest BCUT2D eigenvalue weighted by atomic mass is 28.4. The molecule has 1 aliphatic rings. The van der Waals surface area contributed by atoms with E-state index >= 15 is 0 Å². The molecule has 0 unspecified atom stereocenters. The summed E-state index contributed by atoms with van der Waals surface area (Å²) in [7, 11) is -1.80. The summed E-state index contributed by atoms with van der Waals surface area (Å²) in [6.07, 6.45) is 3.27. The molecule has 1 amide bonds. The molecule has 3 atom stereocenters. The molecule has 0 bridgehead atoms. The predicted octanol–water partition coefficient (Wildman–Crippen LogP) is 2.83. The Balaban J connectivity index is 2.65. The lowest BCUT2D eigenvalue weighted by Crippen LogP contribution is -2.49. The molecule has 1 aliphatic heterocycles. The minimum absolute atomic E-state index is 0.0982. The largest absolute Gasteiger partial charge is 0.414 e. The number of ether oxygens (including phenoxy) is 2. The van der Waals surface area contributed by atoms with Crippen molar-refractivity contribution in [1.82, 2.24) is 5.32 Å². The lowest BCUT2D eigenvalue weighted by Gasteiger charge is -2.38. The highest BCUT2D eigenvalue weighted by Gasteiger charge is 2.38. The fourth-order valence-corrected chi connectivity index (χ4v) is 2.91. The van der Waals surface area contributed by atoms with Gasteiger partial charge >= 0.3 is 0 Å². The van der Waals surface area contributed by atoms with Gasteiger partial charge < -0.3 is 19.2 Å². The van der Waals surface area contributed by atoms with Crippen molar-refractivity contribution >= 4 is 14.2 Å². The minimum Gasteiger partial charge on any atom is -0.414 e. The molecule has 0 radical (unpaired) electrons. The second-order valence-electron chi connectivity index (χ2n) is 7.18. The van der Waals surface area contributed by atoms with Gasteiger partial charge in [-0.15, -0.1) is 0 Å². The van der Waals surface area contributed by atoms with Crippen molar-refractivity contribution in [2.45, 2.75) is 71.2 Å². The first-order chi connectivity index (χ1) is 10.1. The third kappa shape index (κ3) is 5.50. The molecule has 0 aliphatic carbocycles. The summed E-state index contributed by atoms with van der Waals surface area (Å²) >= 11 is 0. The van der Waals surface area contributed by atoms with Gasteiger partial charge in [0.05, 0.1) is 12.6 Å². The van der Waals surface area contributed by atoms with E-state index in [0.29, 0.717) is 13.2 Å². The Labute approximate surface area is 135 Å². The molecular formula is C16H31NO4Si. The number of carbonyl (C=O) groups excluding carboxylic acids is 1. The van der Waals surface area contributed by atoms with E-state index in [2.05, 4.69) is 39.2 Å². The number of hydrogen-bond donors (Lipinski definition) is 1. The number of nitrogens with one attached hydrogen (secondary N) is 1. The van der Waals surface area contributed by atoms with Crippen LogP contribution in [0.4, 0.5) is 0 Å². The minimum atomic E-state index is -1.80. The lowest BCUT2D eigenvalue weighted by atomic mass is 10.1. The van der Waals surface area contributed by atoms with Crippen molar-refractivity contribution in [3.05, 3.63) is 12.2 Å². The summed E-state index contributed by atoms with van der Waals surface area (Å²) in [5, 5.41) is 3.00. The van der Waals surface area contributed by atoms with E-state index in [0.717, 1.165) is 0 Å². The van der Waals surface area contributed by atoms with Crippen LogP contribution in [0.25, 0.3) is 0 Å². The van der Waals surface area contributed by atoms with Crippen LogP contribution in [-0.4, -0.2) is 45.9 Å². The monoisotopic (exact) mass is 329 g/mol. The average Bonchev–Trinajstić information content (AvgIpc) is 2.37. The second-order valence-corrected chi connectivity index (χ2v) is 12.0. The average molecular weight is 330 g/mol. The standard InChI is InChI=1S/C16H31NO4Si/c1-8-19-15-14(17-12(2)18)10-9-13(21-15)11-20-22(6,7)16(3,4)5/h9-10,13-15H,8,11H2,1-7H3,(H,17,18)/t13-,14-,15-/m1/s1. The van der Waals surface area contributed by atoms with Crippen molar-refractivity contribution in [1.29, 1.82) is 0 Å². The zero-order valence-electron chi connectivity index (χ0n) is 14.9. The molecule has 22 heavy (non-hydrogen) atoms. The molecule has 0 aromatic rings. The molecule has 0 aromatic carbocycles. The maximum absolute atomic E-state index is 11.2. The zero-order chi connectivity index (χ0) is 17.0. The van der Waals surface area contributed by atoms with Crippen LogP contribution in [0.3, 0.4) is 0 Å². The van der Waals surface area contributed by atoms with E-state index < -0.39 is 14.6 Å². The van der Waals surface area contributed by atoms with E-state index in [1.807, 2.05) is 19.1 Å². The van der Waals surface area contributed by atoms with E-state index in [1.165, 1.54) is 6.92 Å². The van der Waals surface area contributed by atoms with Crippen LogP contribution in [0.2, 0.25) is 18.1 Å². The van der Waals surface area contributed by atoms with Crippen molar-refractivity contribution < 1.29 is 18.7 Å². The number of carbonyl (C=O) groups is 1. The molecule has 6 heteroatoms. The normalized spacial score (nSPS) is 26.0. The van der Waals surface area contributed by atoms with E-state index in [-0.39, 0.29) is 23.1 Å². The summed E-state index contributed by atoms with van der Waals surface area (Å²) < 4.78 is 17.7. The van der Waals surface area contributed by atoms with Gasteiger partial charge in [0.15, 0.2) is 14.6 Å². The topological polar surface area (TPSA) is 56.8 Å². The van der Waals surface area contributed by atoms with Crippen LogP contribution < -0.4 is 5.32 Å². The van der Waals surface area contributed by atoms with Gasteiger partial charge in [-0.05, 0) is 25.1 Å². The zero-order valence-corrected chi connectivity index (χ0v) is 15.9. The molecule has 0 spiro atoms. The van der Waals surface area contributed by atoms with Crippen molar-refractivity contribution in [2.24, 2.45) is 0 Å². The molecule has 0 saturated heterocycles. The Hall–Kier alpha value is -0.693. The van der Waals surface area contributed by atoms with Gasteiger partial charge in [-0.3, -0.25) is 4.79 Å². The van der Waals surface area contributed by atoms with Gasteiger partial charge in [0.1, 0.15) is 6.10 Å². The van der Waals surface area contributed by atoms with Gasteiger partial charge in [-0.25, -0.2) is 0 Å². The lowest BCUT2D eigenvalue weighted by molar-refractivity contribution is -0.179. The first-order valence-corrected chi connectivity index (χ1v) is 10.8. The molecule has 128 valence electrons. The van der Waals surface area contributed by atoms with Crippen LogP contribution in [-0.2, 0) is 18.7 Å². The highest BCUT2D eigenvalue weighted by molar-refractivity contribution is 6.74. The van der Waals surface area contributed by atoms with E-state index in [1.54, 1.807) is 0 Å². The van der Waals surface area contributed by atoms with Crippen LogP contribution in [0.5, 0.6) is 0 Å². The predicted molar refractivity (Wildman–Crippen MR) is 90.2 cm³/mol. The molecule has 0 saturated carbocycles. The molecular weight excluding hydrogens is 298 g/mol. The summed E-state index contributed by atoms with van der Waals surface area (Å²) in [6, 6.07) is -0.249. The van der Waals surface area contributed by atoms with Crippen molar-refractivity contribution in [3.63, 3.8) is 0 Å². The number of hydrogen-bond acceptors (Lipinski definition) is 4. The second kappa shape index (κ2) is 7.72. The van der Waals surface area contributed by atoms with E-state index in [4.69, 9.17) is 13.9 Å². The smallest absolute Gasteiger partial charge is 0.217 e. The van der Waals surface area contributed by atoms with Gasteiger partial charge in [0, 0.05) is 13.5 Å². The summed E-state index contributed by atoms with van der Waals surface area (Å²) in [5.41, 5.74) is 0. The third-order valence-electron chi connectivity index (χ3n) is 4.25. The van der Waals surface area contributed by atoms with Gasteiger partial charge in [0.25, 0.3) is 0 Å². The fourth-order valence-electron chi connectivity index (χ4n) is 1.90. The van der Waals surface area contributed by atoms with Crippen molar-refractivity contribution in [3.8, 4) is 0 Å². The van der Waals surface area contributed by atoms with Gasteiger partial charge in [-0.2, -0.15) is 0 Å². The van der Waals surface area contributed by atoms with Gasteiger partial charge in [-0.1, -0.05) is 32.9 Å². The number of rotatable bonds is 6. The Morgan fingerprint density at radius 2 is 1.95 bits per heavy atom. The summed E-state index contributed by atoms with van der Waals surface area (Å²) in [5.74, 6) is -0.0982. The molecule has 1 heterocycles. The van der Waals surface area contributed by atoms with Crippen molar-refractivity contribution in [2.75, 3.05) is 13.2 Å². The highest BCUT2D eigenvalue weighted by Crippen LogP contribution is 2.36. The molecule has 0 aromatic heterocycles. The van der Waals surface area contributed by atoms with E-state index in [9.17, 15) is 4.79 Å². The molecule has 0 fully saturated rings. The summed E-state index contributed by atoms with van der Waals surface area (Å²) in [6.45, 7) is 15.5. The first-order valence-electron chi connectivity index (χ1n) is 7.93. The number of amides is 1. The Morgan fingerprint density at radius 1 is 1.32 bits per heavy atom. The Bertz CT molecular complexity index is 403.